The Morgan fingerprint density at radius 2 is 1.88 bits per heavy atom. The minimum Gasteiger partial charge on any atom is -0.396 e. The van der Waals surface area contributed by atoms with Crippen molar-refractivity contribution < 1.29 is 23.0 Å². The molecule has 0 radical (unpaired) electrons. The van der Waals surface area contributed by atoms with Crippen LogP contribution in [-0.2, 0) is 10.9 Å². The molecule has 5 nitrogen and oxygen atoms in total. The smallest absolute Gasteiger partial charge is 0.396 e. The monoisotopic (exact) mass is 339 g/mol. The van der Waals surface area contributed by atoms with Crippen molar-refractivity contribution in [1.82, 2.24) is 9.97 Å². The van der Waals surface area contributed by atoms with Crippen LogP contribution >= 0.6 is 0 Å². The molecule has 0 spiro atoms. The zero-order valence-corrected chi connectivity index (χ0v) is 12.7. The van der Waals surface area contributed by atoms with E-state index in [2.05, 4.69) is 15.3 Å². The van der Waals surface area contributed by atoms with E-state index in [1.54, 1.807) is 30.3 Å². The van der Waals surface area contributed by atoms with Crippen molar-refractivity contribution in [2.75, 3.05) is 31.7 Å². The molecule has 2 heterocycles. The number of aliphatic hydroxyl groups excluding tert-OH is 1. The number of nitrogens with one attached hydrogen (secondary N) is 1. The number of alkyl halides is 3. The molecule has 0 atom stereocenters. The van der Waals surface area contributed by atoms with Gasteiger partial charge in [0.15, 0.2) is 11.5 Å². The predicted molar refractivity (Wildman–Crippen MR) is 81.3 cm³/mol. The van der Waals surface area contributed by atoms with Crippen LogP contribution in [0.15, 0.2) is 36.4 Å². The van der Waals surface area contributed by atoms with Gasteiger partial charge in [-0.15, -0.1) is 0 Å². The maximum Gasteiger partial charge on any atom is 0.433 e. The number of aliphatic hydroxyl groups is 1. The molecule has 1 aliphatic heterocycles. The molecule has 1 fully saturated rings. The van der Waals surface area contributed by atoms with Gasteiger partial charge in [0.25, 0.3) is 0 Å². The van der Waals surface area contributed by atoms with Gasteiger partial charge in [-0.2, -0.15) is 13.2 Å². The molecule has 8 heteroatoms. The van der Waals surface area contributed by atoms with Crippen LogP contribution in [-0.4, -0.2) is 41.4 Å². The lowest BCUT2D eigenvalue weighted by Gasteiger charge is -2.39. The van der Waals surface area contributed by atoms with Crippen LogP contribution in [0.1, 0.15) is 5.69 Å². The average molecular weight is 339 g/mol. The highest BCUT2D eigenvalue weighted by atomic mass is 19.4. The summed E-state index contributed by atoms with van der Waals surface area (Å²) in [5.74, 6) is 0.0618. The van der Waals surface area contributed by atoms with E-state index in [-0.39, 0.29) is 24.8 Å². The zero-order valence-electron chi connectivity index (χ0n) is 12.7. The molecule has 0 bridgehead atoms. The predicted octanol–water partition coefficient (Wildman–Crippen LogP) is 2.58. The van der Waals surface area contributed by atoms with Crippen LogP contribution in [0.4, 0.5) is 19.0 Å². The minimum absolute atomic E-state index is 0.00386. The summed E-state index contributed by atoms with van der Waals surface area (Å²) in [6.45, 7) is 0.882. The summed E-state index contributed by atoms with van der Waals surface area (Å²) in [6, 6.07) is 9.34. The van der Waals surface area contributed by atoms with E-state index >= 15 is 0 Å². The first-order chi connectivity index (χ1) is 11.4. The van der Waals surface area contributed by atoms with E-state index < -0.39 is 17.3 Å². The van der Waals surface area contributed by atoms with Gasteiger partial charge in [-0.05, 0) is 0 Å². The summed E-state index contributed by atoms with van der Waals surface area (Å²) >= 11 is 0. The fraction of sp³-hybridized carbons (Fsp3) is 0.375. The lowest BCUT2D eigenvalue weighted by atomic mass is 9.87. The molecule has 1 aromatic heterocycles. The lowest BCUT2D eigenvalue weighted by molar-refractivity contribution is -0.141. The van der Waals surface area contributed by atoms with Crippen molar-refractivity contribution >= 4 is 5.82 Å². The Labute approximate surface area is 136 Å². The highest BCUT2D eigenvalue weighted by Gasteiger charge is 2.38. The molecule has 0 amide bonds. The fourth-order valence-corrected chi connectivity index (χ4v) is 2.32. The van der Waals surface area contributed by atoms with E-state index in [0.717, 1.165) is 6.07 Å². The van der Waals surface area contributed by atoms with Gasteiger partial charge in [-0.1, -0.05) is 30.3 Å². The molecule has 0 aliphatic carbocycles. The Morgan fingerprint density at radius 3 is 2.42 bits per heavy atom. The first kappa shape index (κ1) is 16.7. The van der Waals surface area contributed by atoms with Gasteiger partial charge < -0.3 is 15.2 Å². The van der Waals surface area contributed by atoms with E-state index in [0.29, 0.717) is 18.8 Å². The number of ether oxygens (including phenoxy) is 1. The largest absolute Gasteiger partial charge is 0.433 e. The third-order valence-electron chi connectivity index (χ3n) is 3.84. The second-order valence-corrected chi connectivity index (χ2v) is 5.83. The Balaban J connectivity index is 1.90. The number of hydrogen-bond acceptors (Lipinski definition) is 5. The van der Waals surface area contributed by atoms with E-state index in [4.69, 9.17) is 4.74 Å². The average Bonchev–Trinajstić information content (AvgIpc) is 2.54. The summed E-state index contributed by atoms with van der Waals surface area (Å²) in [5, 5.41) is 12.3. The van der Waals surface area contributed by atoms with Gasteiger partial charge in [0.1, 0.15) is 5.82 Å². The van der Waals surface area contributed by atoms with Gasteiger partial charge in [-0.25, -0.2) is 9.97 Å². The number of benzene rings is 1. The Kier molecular flexibility index (Phi) is 4.42. The molecule has 2 N–H and O–H groups in total. The molecule has 1 aromatic carbocycles. The molecule has 0 saturated carbocycles. The molecular formula is C16H16F3N3O2. The first-order valence-corrected chi connectivity index (χ1v) is 7.36. The summed E-state index contributed by atoms with van der Waals surface area (Å²) in [4.78, 5) is 7.79. The first-order valence-electron chi connectivity index (χ1n) is 7.36. The molecule has 24 heavy (non-hydrogen) atoms. The summed E-state index contributed by atoms with van der Waals surface area (Å²) in [6.07, 6.45) is -4.57. The summed E-state index contributed by atoms with van der Waals surface area (Å²) in [7, 11) is 0. The van der Waals surface area contributed by atoms with Crippen LogP contribution < -0.4 is 5.32 Å². The maximum atomic E-state index is 13.1. The molecule has 2 aromatic rings. The Morgan fingerprint density at radius 1 is 1.17 bits per heavy atom. The quantitative estimate of drug-likeness (QED) is 0.876. The van der Waals surface area contributed by atoms with E-state index in [1.807, 2.05) is 0 Å². The number of hydrogen-bond donors (Lipinski definition) is 2. The molecule has 1 saturated heterocycles. The van der Waals surface area contributed by atoms with Gasteiger partial charge in [0.2, 0.25) is 0 Å². The SMILES string of the molecule is OCC1(CNc2cc(C(F)(F)F)nc(-c3ccccc3)n2)COC1. The standard InChI is InChI=1S/C16H16F3N3O2/c17-16(18,19)12-6-13(20-7-15(8-23)9-24-10-15)22-14(21-12)11-4-2-1-3-5-11/h1-6,23H,7-10H2,(H,20,21,22). The second kappa shape index (κ2) is 6.37. The number of halogens is 3. The van der Waals surface area contributed by atoms with Crippen LogP contribution in [0, 0.1) is 5.41 Å². The summed E-state index contributed by atoms with van der Waals surface area (Å²) < 4.78 is 44.4. The third-order valence-corrected chi connectivity index (χ3v) is 3.84. The van der Waals surface area contributed by atoms with Crippen molar-refractivity contribution in [3.63, 3.8) is 0 Å². The second-order valence-electron chi connectivity index (χ2n) is 5.83. The normalized spacial score (nSPS) is 16.5. The number of anilines is 1. The van der Waals surface area contributed by atoms with Crippen LogP contribution in [0.25, 0.3) is 11.4 Å². The molecular weight excluding hydrogens is 323 g/mol. The van der Waals surface area contributed by atoms with Crippen molar-refractivity contribution in [1.29, 1.82) is 0 Å². The van der Waals surface area contributed by atoms with Gasteiger partial charge in [0.05, 0.1) is 25.2 Å². The maximum absolute atomic E-state index is 13.1. The van der Waals surface area contributed by atoms with Crippen LogP contribution in [0.2, 0.25) is 0 Å². The Bertz CT molecular complexity index is 698. The molecule has 0 unspecified atom stereocenters. The van der Waals surface area contributed by atoms with Crippen molar-refractivity contribution in [2.24, 2.45) is 5.41 Å². The molecule has 128 valence electrons. The topological polar surface area (TPSA) is 67.3 Å². The van der Waals surface area contributed by atoms with Gasteiger partial charge >= 0.3 is 6.18 Å². The highest BCUT2D eigenvalue weighted by molar-refractivity contribution is 5.57. The van der Waals surface area contributed by atoms with Crippen LogP contribution in [0.3, 0.4) is 0 Å². The third kappa shape index (κ3) is 3.49. The van der Waals surface area contributed by atoms with E-state index in [9.17, 15) is 18.3 Å². The van der Waals surface area contributed by atoms with Crippen LogP contribution in [0.5, 0.6) is 0 Å². The minimum atomic E-state index is -4.57. The fourth-order valence-electron chi connectivity index (χ4n) is 2.32. The molecule has 3 rings (SSSR count). The molecule has 1 aliphatic rings. The van der Waals surface area contributed by atoms with E-state index in [1.165, 1.54) is 0 Å². The van der Waals surface area contributed by atoms with Gasteiger partial charge in [0, 0.05) is 18.2 Å². The Hall–Kier alpha value is -2.19. The number of aromatic nitrogens is 2. The van der Waals surface area contributed by atoms with Crippen molar-refractivity contribution in [3.8, 4) is 11.4 Å². The number of nitrogens with zero attached hydrogens (tertiary/aromatic N) is 2. The van der Waals surface area contributed by atoms with Crippen molar-refractivity contribution in [2.45, 2.75) is 6.18 Å². The summed E-state index contributed by atoms with van der Waals surface area (Å²) in [5.41, 5.74) is -0.992. The zero-order chi connectivity index (χ0) is 17.2. The van der Waals surface area contributed by atoms with Gasteiger partial charge in [-0.3, -0.25) is 0 Å². The number of rotatable bonds is 5. The highest BCUT2D eigenvalue weighted by Crippen LogP contribution is 2.32. The van der Waals surface area contributed by atoms with Crippen molar-refractivity contribution in [3.05, 3.63) is 42.1 Å². The lowest BCUT2D eigenvalue weighted by Crippen LogP contribution is -2.50.